The first-order valence-corrected chi connectivity index (χ1v) is 6.66. The molecule has 0 aliphatic carbocycles. The normalized spacial score (nSPS) is 19.7. The molecule has 100 valence electrons. The molecule has 2 heterocycles. The van der Waals surface area contributed by atoms with Crippen LogP contribution in [0.2, 0.25) is 0 Å². The van der Waals surface area contributed by atoms with Gasteiger partial charge in [-0.25, -0.2) is 0 Å². The molecule has 0 spiro atoms. The second-order valence-corrected chi connectivity index (χ2v) is 4.89. The molecule has 18 heavy (non-hydrogen) atoms. The molecule has 1 aliphatic rings. The van der Waals surface area contributed by atoms with Crippen LogP contribution in [0.3, 0.4) is 0 Å². The highest BCUT2D eigenvalue weighted by molar-refractivity contribution is 5.75. The molecule has 2 N–H and O–H groups in total. The third-order valence-corrected chi connectivity index (χ3v) is 3.28. The third kappa shape index (κ3) is 4.14. The van der Waals surface area contributed by atoms with Crippen molar-refractivity contribution in [1.29, 1.82) is 0 Å². The van der Waals surface area contributed by atoms with Crippen molar-refractivity contribution in [2.45, 2.75) is 51.6 Å². The molecule has 0 radical (unpaired) electrons. The summed E-state index contributed by atoms with van der Waals surface area (Å²) < 4.78 is 4.94. The summed E-state index contributed by atoms with van der Waals surface area (Å²) >= 11 is 0. The zero-order valence-electron chi connectivity index (χ0n) is 10.9. The number of aryl methyl sites for hydroxylation is 1. The number of carbonyl (C=O) groups excluding carboxylic acids is 1. The first-order chi connectivity index (χ1) is 8.74. The highest BCUT2D eigenvalue weighted by Crippen LogP contribution is 2.11. The fourth-order valence-electron chi connectivity index (χ4n) is 2.25. The van der Waals surface area contributed by atoms with E-state index in [0.717, 1.165) is 24.4 Å². The van der Waals surface area contributed by atoms with Crippen molar-refractivity contribution < 1.29 is 9.32 Å². The highest BCUT2D eigenvalue weighted by atomic mass is 16.5. The quantitative estimate of drug-likeness (QED) is 0.832. The van der Waals surface area contributed by atoms with Crippen LogP contribution in [-0.2, 0) is 11.3 Å². The number of nitrogens with zero attached hydrogens (tertiary/aromatic N) is 1. The summed E-state index contributed by atoms with van der Waals surface area (Å²) in [7, 11) is 0. The van der Waals surface area contributed by atoms with E-state index < -0.39 is 0 Å². The molecule has 1 saturated heterocycles. The molecule has 1 aromatic heterocycles. The predicted molar refractivity (Wildman–Crippen MR) is 68.0 cm³/mol. The highest BCUT2D eigenvalue weighted by Gasteiger charge is 2.14. The predicted octanol–water partition coefficient (Wildman–Crippen LogP) is 1.52. The van der Waals surface area contributed by atoms with Crippen LogP contribution < -0.4 is 10.6 Å². The fourth-order valence-corrected chi connectivity index (χ4v) is 2.25. The Morgan fingerprint density at radius 3 is 3.17 bits per heavy atom. The molecule has 2 rings (SSSR count). The summed E-state index contributed by atoms with van der Waals surface area (Å²) in [6.45, 7) is 3.38. The van der Waals surface area contributed by atoms with E-state index in [4.69, 9.17) is 4.52 Å². The zero-order chi connectivity index (χ0) is 12.8. The summed E-state index contributed by atoms with van der Waals surface area (Å²) in [6, 6.07) is 2.35. The Kier molecular flexibility index (Phi) is 4.75. The number of carbonyl (C=O) groups is 1. The molecule has 1 fully saturated rings. The SMILES string of the molecule is Cc1cc(CNC(=O)CCC2CCCCN2)no1. The standard InChI is InChI=1S/C13H21N3O2/c1-10-8-12(16-18-10)9-15-13(17)6-5-11-4-2-3-7-14-11/h8,11,14H,2-7,9H2,1H3,(H,15,17). The molecule has 0 saturated carbocycles. The summed E-state index contributed by atoms with van der Waals surface area (Å²) in [4.78, 5) is 11.7. The average Bonchev–Trinajstić information content (AvgIpc) is 2.81. The van der Waals surface area contributed by atoms with Crippen molar-refractivity contribution in [3.8, 4) is 0 Å². The lowest BCUT2D eigenvalue weighted by Gasteiger charge is -2.22. The maximum absolute atomic E-state index is 11.7. The Labute approximate surface area is 107 Å². The van der Waals surface area contributed by atoms with Gasteiger partial charge in [-0.05, 0) is 32.7 Å². The minimum atomic E-state index is 0.0861. The molecule has 1 atom stereocenters. The Hall–Kier alpha value is -1.36. The number of hydrogen-bond donors (Lipinski definition) is 2. The minimum absolute atomic E-state index is 0.0861. The van der Waals surface area contributed by atoms with Crippen molar-refractivity contribution in [3.05, 3.63) is 17.5 Å². The molecule has 1 aromatic rings. The smallest absolute Gasteiger partial charge is 0.220 e. The minimum Gasteiger partial charge on any atom is -0.361 e. The van der Waals surface area contributed by atoms with Crippen LogP contribution in [0, 0.1) is 6.92 Å². The molecular weight excluding hydrogens is 230 g/mol. The van der Waals surface area contributed by atoms with E-state index in [9.17, 15) is 4.79 Å². The summed E-state index contributed by atoms with van der Waals surface area (Å²) in [5, 5.41) is 10.1. The van der Waals surface area contributed by atoms with E-state index in [1.165, 1.54) is 19.3 Å². The van der Waals surface area contributed by atoms with Crippen LogP contribution in [-0.4, -0.2) is 23.7 Å². The van der Waals surface area contributed by atoms with E-state index >= 15 is 0 Å². The zero-order valence-corrected chi connectivity index (χ0v) is 10.9. The van der Waals surface area contributed by atoms with Crippen LogP contribution in [0.25, 0.3) is 0 Å². The molecule has 1 amide bonds. The van der Waals surface area contributed by atoms with Gasteiger partial charge in [-0.15, -0.1) is 0 Å². The maximum atomic E-state index is 11.7. The number of aromatic nitrogens is 1. The molecule has 0 aromatic carbocycles. The van der Waals surface area contributed by atoms with Crippen LogP contribution in [0.4, 0.5) is 0 Å². The van der Waals surface area contributed by atoms with Crippen molar-refractivity contribution in [2.24, 2.45) is 0 Å². The van der Waals surface area contributed by atoms with Gasteiger partial charge < -0.3 is 15.2 Å². The summed E-state index contributed by atoms with van der Waals surface area (Å²) in [6.07, 6.45) is 5.22. The van der Waals surface area contributed by atoms with E-state index in [-0.39, 0.29) is 5.91 Å². The fraction of sp³-hybridized carbons (Fsp3) is 0.692. The lowest BCUT2D eigenvalue weighted by molar-refractivity contribution is -0.121. The average molecular weight is 251 g/mol. The van der Waals surface area contributed by atoms with Gasteiger partial charge in [-0.1, -0.05) is 11.6 Å². The van der Waals surface area contributed by atoms with Crippen LogP contribution in [0.15, 0.2) is 10.6 Å². The molecule has 5 heteroatoms. The van der Waals surface area contributed by atoms with Gasteiger partial charge in [0, 0.05) is 18.5 Å². The van der Waals surface area contributed by atoms with E-state index in [1.54, 1.807) is 0 Å². The van der Waals surface area contributed by atoms with Crippen molar-refractivity contribution in [3.63, 3.8) is 0 Å². The van der Waals surface area contributed by atoms with Crippen molar-refractivity contribution >= 4 is 5.91 Å². The van der Waals surface area contributed by atoms with Gasteiger partial charge in [-0.2, -0.15) is 0 Å². The molecule has 0 bridgehead atoms. The van der Waals surface area contributed by atoms with Gasteiger partial charge in [0.2, 0.25) is 5.91 Å². The Morgan fingerprint density at radius 1 is 1.61 bits per heavy atom. The van der Waals surface area contributed by atoms with Gasteiger partial charge in [0.05, 0.1) is 6.54 Å². The van der Waals surface area contributed by atoms with E-state index in [1.807, 2.05) is 13.0 Å². The number of piperidine rings is 1. The largest absolute Gasteiger partial charge is 0.361 e. The van der Waals surface area contributed by atoms with Crippen molar-refractivity contribution in [2.75, 3.05) is 6.54 Å². The van der Waals surface area contributed by atoms with Crippen LogP contribution >= 0.6 is 0 Å². The van der Waals surface area contributed by atoms with Crippen LogP contribution in [0.1, 0.15) is 43.6 Å². The number of amides is 1. The van der Waals surface area contributed by atoms with Gasteiger partial charge in [0.15, 0.2) is 0 Å². The maximum Gasteiger partial charge on any atom is 0.220 e. The van der Waals surface area contributed by atoms with Gasteiger partial charge >= 0.3 is 0 Å². The summed E-state index contributed by atoms with van der Waals surface area (Å²) in [5.74, 6) is 0.855. The third-order valence-electron chi connectivity index (χ3n) is 3.28. The van der Waals surface area contributed by atoms with E-state index in [0.29, 0.717) is 19.0 Å². The van der Waals surface area contributed by atoms with Crippen LogP contribution in [0.5, 0.6) is 0 Å². The molecule has 5 nitrogen and oxygen atoms in total. The van der Waals surface area contributed by atoms with Gasteiger partial charge in [0.25, 0.3) is 0 Å². The number of hydrogen-bond acceptors (Lipinski definition) is 4. The second kappa shape index (κ2) is 6.54. The molecule has 1 unspecified atom stereocenters. The van der Waals surface area contributed by atoms with Gasteiger partial charge in [0.1, 0.15) is 11.5 Å². The first-order valence-electron chi connectivity index (χ1n) is 6.66. The summed E-state index contributed by atoms with van der Waals surface area (Å²) in [5.41, 5.74) is 0.775. The Bertz CT molecular complexity index is 383. The van der Waals surface area contributed by atoms with E-state index in [2.05, 4.69) is 15.8 Å². The Morgan fingerprint density at radius 2 is 2.50 bits per heavy atom. The first kappa shape index (κ1) is 13.1. The lowest BCUT2D eigenvalue weighted by Crippen LogP contribution is -2.35. The number of nitrogens with one attached hydrogen (secondary N) is 2. The van der Waals surface area contributed by atoms with Crippen molar-refractivity contribution in [1.82, 2.24) is 15.8 Å². The second-order valence-electron chi connectivity index (χ2n) is 4.89. The van der Waals surface area contributed by atoms with Gasteiger partial charge in [-0.3, -0.25) is 4.79 Å². The Balaban J connectivity index is 1.62. The molecule has 1 aliphatic heterocycles. The molecular formula is C13H21N3O2. The topological polar surface area (TPSA) is 67.2 Å². The monoisotopic (exact) mass is 251 g/mol. The number of rotatable bonds is 5. The lowest BCUT2D eigenvalue weighted by atomic mass is 10.0.